The van der Waals surface area contributed by atoms with Crippen LogP contribution in [0.3, 0.4) is 0 Å². The van der Waals surface area contributed by atoms with Crippen LogP contribution in [0.2, 0.25) is 0 Å². The minimum absolute atomic E-state index is 0. The van der Waals surface area contributed by atoms with Gasteiger partial charge in [-0.3, -0.25) is 9.98 Å². The molecular formula is C36H52CoN2O6. The number of aliphatic carboxylic acids is 2. The van der Waals surface area contributed by atoms with E-state index in [2.05, 4.69) is 79.7 Å². The van der Waals surface area contributed by atoms with Crippen molar-refractivity contribution in [2.45, 2.75) is 131 Å². The molecule has 2 aromatic rings. The number of aliphatic imine (C=N–C) groups is 2. The zero-order chi connectivity index (χ0) is 33.8. The van der Waals surface area contributed by atoms with Crippen molar-refractivity contribution in [2.24, 2.45) is 9.98 Å². The molecule has 0 spiro atoms. The van der Waals surface area contributed by atoms with Gasteiger partial charge >= 0.3 is 16.8 Å². The quantitative estimate of drug-likeness (QED) is 0.407. The second kappa shape index (κ2) is 18.7. The van der Waals surface area contributed by atoms with Crippen LogP contribution in [0.1, 0.15) is 128 Å². The Hall–Kier alpha value is -3.17. The first-order valence-electron chi connectivity index (χ1n) is 15.5. The van der Waals surface area contributed by atoms with E-state index in [0.717, 1.165) is 74.6 Å². The number of hydrogen-bond acceptors (Lipinski definition) is 8. The first kappa shape index (κ1) is 41.8. The first-order chi connectivity index (χ1) is 20.3. The smallest absolute Gasteiger partial charge is 0.550 e. The van der Waals surface area contributed by atoms with Gasteiger partial charge in [-0.05, 0) is 73.6 Å². The minimum atomic E-state index is -1.08. The van der Waals surface area contributed by atoms with E-state index in [1.807, 2.05) is 12.4 Å². The number of aromatic hydroxyl groups is 2. The summed E-state index contributed by atoms with van der Waals surface area (Å²) < 4.78 is 0. The summed E-state index contributed by atoms with van der Waals surface area (Å²) in [5, 5.41) is 39.8. The van der Waals surface area contributed by atoms with Crippen molar-refractivity contribution in [1.29, 1.82) is 0 Å². The minimum Gasteiger partial charge on any atom is -0.550 e. The monoisotopic (exact) mass is 667 g/mol. The SMILES string of the molecule is CC(=O)[O-].CC(=O)[O-].CCc1cc(C=NC2CCCCC2N=Cc2cc(CC)cc(C(C)(C)C)c2O)c(O)c(C(C)(C)C)c1.[Co+2]. The normalized spacial score (nSPS) is 16.7. The topological polar surface area (TPSA) is 145 Å². The van der Waals surface area contributed by atoms with Gasteiger partial charge in [-0.25, -0.2) is 0 Å². The van der Waals surface area contributed by atoms with Crippen LogP contribution in [0.15, 0.2) is 34.3 Å². The zero-order valence-electron chi connectivity index (χ0n) is 28.6. The number of hydrogen-bond donors (Lipinski definition) is 2. The van der Waals surface area contributed by atoms with Gasteiger partial charge in [-0.1, -0.05) is 80.4 Å². The molecule has 1 radical (unpaired) electrons. The number of nitrogens with zero attached hydrogens (tertiary/aromatic N) is 2. The summed E-state index contributed by atoms with van der Waals surface area (Å²) in [6.45, 7) is 19.0. The number of carboxylic acids is 2. The Balaban J connectivity index is 0.00000192. The van der Waals surface area contributed by atoms with E-state index in [0.29, 0.717) is 11.5 Å². The Morgan fingerprint density at radius 3 is 1.27 bits per heavy atom. The maximum absolute atomic E-state index is 11.0. The summed E-state index contributed by atoms with van der Waals surface area (Å²) in [6, 6.07) is 8.47. The number of carbonyl (C=O) groups is 2. The molecule has 2 unspecified atom stereocenters. The number of rotatable bonds is 6. The van der Waals surface area contributed by atoms with E-state index in [1.165, 1.54) is 11.1 Å². The molecule has 251 valence electrons. The van der Waals surface area contributed by atoms with E-state index < -0.39 is 11.9 Å². The van der Waals surface area contributed by atoms with Crippen molar-refractivity contribution in [3.63, 3.8) is 0 Å². The Morgan fingerprint density at radius 1 is 0.733 bits per heavy atom. The van der Waals surface area contributed by atoms with Gasteiger partial charge in [0.1, 0.15) is 11.5 Å². The predicted molar refractivity (Wildman–Crippen MR) is 175 cm³/mol. The van der Waals surface area contributed by atoms with Crippen molar-refractivity contribution < 1.29 is 46.8 Å². The van der Waals surface area contributed by atoms with E-state index in [-0.39, 0.29) is 39.7 Å². The average Bonchev–Trinajstić information content (AvgIpc) is 2.90. The summed E-state index contributed by atoms with van der Waals surface area (Å²) in [5.41, 5.74) is 5.63. The Morgan fingerprint density at radius 2 is 1.02 bits per heavy atom. The number of phenolic OH excluding ortho intramolecular Hbond substituents is 2. The van der Waals surface area contributed by atoms with E-state index >= 15 is 0 Å². The van der Waals surface area contributed by atoms with Crippen LogP contribution in [-0.4, -0.2) is 46.7 Å². The molecule has 0 bridgehead atoms. The van der Waals surface area contributed by atoms with Gasteiger partial charge in [-0.15, -0.1) is 0 Å². The second-order valence-electron chi connectivity index (χ2n) is 13.3. The fourth-order valence-electron chi connectivity index (χ4n) is 4.98. The summed E-state index contributed by atoms with van der Waals surface area (Å²) in [6.07, 6.45) is 9.76. The largest absolute Gasteiger partial charge is 2.00 e. The van der Waals surface area contributed by atoms with Crippen molar-refractivity contribution in [3.05, 3.63) is 57.6 Å². The fraction of sp³-hybridized carbons (Fsp3) is 0.556. The van der Waals surface area contributed by atoms with Gasteiger partial charge < -0.3 is 30.0 Å². The molecule has 2 N–H and O–H groups in total. The molecule has 1 aliphatic rings. The Bertz CT molecular complexity index is 1210. The van der Waals surface area contributed by atoms with Crippen LogP contribution in [0.5, 0.6) is 11.5 Å². The van der Waals surface area contributed by atoms with Gasteiger partial charge in [0.05, 0.1) is 12.1 Å². The maximum atomic E-state index is 11.0. The zero-order valence-corrected chi connectivity index (χ0v) is 29.7. The van der Waals surface area contributed by atoms with Gasteiger partial charge in [-0.2, -0.15) is 0 Å². The fourth-order valence-corrected chi connectivity index (χ4v) is 4.98. The first-order valence-corrected chi connectivity index (χ1v) is 15.5. The number of carboxylic acid groups (broad SMARTS) is 2. The predicted octanol–water partition coefficient (Wildman–Crippen LogP) is 5.18. The average molecular weight is 668 g/mol. The third kappa shape index (κ3) is 14.2. The molecular weight excluding hydrogens is 615 g/mol. The third-order valence-corrected chi connectivity index (χ3v) is 7.34. The van der Waals surface area contributed by atoms with E-state index in [4.69, 9.17) is 29.8 Å². The number of benzene rings is 2. The summed E-state index contributed by atoms with van der Waals surface area (Å²) in [7, 11) is 0. The Kier molecular flexibility index (Phi) is 17.4. The van der Waals surface area contributed by atoms with E-state index in [9.17, 15) is 10.2 Å². The molecule has 8 nitrogen and oxygen atoms in total. The molecule has 1 fully saturated rings. The second-order valence-corrected chi connectivity index (χ2v) is 13.3. The number of carbonyl (C=O) groups excluding carboxylic acids is 2. The van der Waals surface area contributed by atoms with Gasteiger partial charge in [0, 0.05) is 46.6 Å². The maximum Gasteiger partial charge on any atom is 2.00 e. The van der Waals surface area contributed by atoms with Crippen LogP contribution in [0.25, 0.3) is 0 Å². The third-order valence-electron chi connectivity index (χ3n) is 7.34. The van der Waals surface area contributed by atoms with Crippen molar-refractivity contribution in [1.82, 2.24) is 0 Å². The molecule has 9 heteroatoms. The molecule has 1 aliphatic carbocycles. The summed E-state index contributed by atoms with van der Waals surface area (Å²) in [5.74, 6) is -1.51. The van der Waals surface area contributed by atoms with Crippen LogP contribution >= 0.6 is 0 Å². The molecule has 2 atom stereocenters. The number of phenols is 2. The van der Waals surface area contributed by atoms with Gasteiger partial charge in [0.25, 0.3) is 0 Å². The van der Waals surface area contributed by atoms with E-state index in [1.54, 1.807) is 0 Å². The van der Waals surface area contributed by atoms with Crippen LogP contribution < -0.4 is 10.2 Å². The molecule has 3 rings (SSSR count). The molecule has 45 heavy (non-hydrogen) atoms. The van der Waals surface area contributed by atoms with Crippen LogP contribution in [0, 0.1) is 0 Å². The summed E-state index contributed by atoms with van der Waals surface area (Å²) >= 11 is 0. The number of aryl methyl sites for hydroxylation is 2. The Labute approximate surface area is 280 Å². The summed E-state index contributed by atoms with van der Waals surface area (Å²) in [4.78, 5) is 27.7. The molecule has 0 aliphatic heterocycles. The van der Waals surface area contributed by atoms with Crippen molar-refractivity contribution >= 4 is 24.4 Å². The van der Waals surface area contributed by atoms with Gasteiger partial charge in [0.2, 0.25) is 0 Å². The molecule has 0 heterocycles. The standard InChI is InChI=1S/C32H46N2O2.2C2H4O2.Co/c1-9-21-15-23(29(35)25(17-21)31(3,4)5)19-33-27-13-11-12-14-28(27)34-20-24-16-22(10-2)18-26(30(24)36)32(6,7)8;2*1-2(3)4;/h15-20,27-28,35-36H,9-14H2,1-8H3;2*1H3,(H,3,4);/q;;;+2/p-2. The van der Waals surface area contributed by atoms with Gasteiger partial charge in [0.15, 0.2) is 0 Å². The molecule has 0 saturated heterocycles. The molecule has 0 amide bonds. The molecule has 1 saturated carbocycles. The van der Waals surface area contributed by atoms with Crippen LogP contribution in [0.4, 0.5) is 0 Å². The van der Waals surface area contributed by atoms with Crippen LogP contribution in [-0.2, 0) is 50.0 Å². The van der Waals surface area contributed by atoms with Crippen molar-refractivity contribution in [2.75, 3.05) is 0 Å². The van der Waals surface area contributed by atoms with Crippen molar-refractivity contribution in [3.8, 4) is 11.5 Å². The molecule has 2 aromatic carbocycles. The molecule has 0 aromatic heterocycles.